The van der Waals surface area contributed by atoms with Gasteiger partial charge in [-0.2, -0.15) is 0 Å². The molecule has 1 aromatic rings. The van der Waals surface area contributed by atoms with E-state index in [-0.39, 0.29) is 16.3 Å². The predicted molar refractivity (Wildman–Crippen MR) is 69.9 cm³/mol. The lowest BCUT2D eigenvalue weighted by Crippen LogP contribution is -2.24. The number of nitrogens with one attached hydrogen (secondary N) is 1. The van der Waals surface area contributed by atoms with Crippen LogP contribution in [-0.2, 0) is 0 Å². The predicted octanol–water partition coefficient (Wildman–Crippen LogP) is 2.94. The second-order valence-corrected chi connectivity index (χ2v) is 3.89. The molecule has 0 aromatic heterocycles. The first-order chi connectivity index (χ1) is 8.57. The van der Waals surface area contributed by atoms with Crippen molar-refractivity contribution in [1.82, 2.24) is 5.32 Å². The first-order valence-electron chi connectivity index (χ1n) is 5.40. The normalized spacial score (nSPS) is 10.6. The number of nitrogens with zero attached hydrogens (tertiary/aromatic N) is 1. The van der Waals surface area contributed by atoms with Crippen molar-refractivity contribution in [3.05, 3.63) is 51.1 Å². The maximum atomic E-state index is 11.8. The number of hydrogen-bond donors (Lipinski definition) is 1. The highest BCUT2D eigenvalue weighted by atomic mass is 35.5. The van der Waals surface area contributed by atoms with Crippen LogP contribution in [0.1, 0.15) is 23.7 Å². The maximum absolute atomic E-state index is 11.8. The monoisotopic (exact) mass is 268 g/mol. The van der Waals surface area contributed by atoms with Gasteiger partial charge in [0.1, 0.15) is 5.02 Å². The van der Waals surface area contributed by atoms with Gasteiger partial charge < -0.3 is 5.32 Å². The van der Waals surface area contributed by atoms with Gasteiger partial charge in [0.2, 0.25) is 0 Å². The van der Waals surface area contributed by atoms with Gasteiger partial charge in [-0.25, -0.2) is 0 Å². The lowest BCUT2D eigenvalue weighted by atomic mass is 10.2. The van der Waals surface area contributed by atoms with Gasteiger partial charge in [0.15, 0.2) is 0 Å². The summed E-state index contributed by atoms with van der Waals surface area (Å²) >= 11 is 5.82. The van der Waals surface area contributed by atoms with Crippen molar-refractivity contribution in [2.24, 2.45) is 0 Å². The van der Waals surface area contributed by atoms with Crippen LogP contribution in [0.3, 0.4) is 0 Å². The summed E-state index contributed by atoms with van der Waals surface area (Å²) in [5.41, 5.74) is -0.149. The Balaban J connectivity index is 2.80. The topological polar surface area (TPSA) is 72.2 Å². The van der Waals surface area contributed by atoms with E-state index in [1.807, 2.05) is 19.1 Å². The van der Waals surface area contributed by atoms with Crippen LogP contribution in [0.2, 0.25) is 5.02 Å². The fourth-order valence-corrected chi connectivity index (χ4v) is 1.65. The maximum Gasteiger partial charge on any atom is 0.288 e. The number of amides is 1. The Labute approximate surface area is 110 Å². The van der Waals surface area contributed by atoms with Crippen LogP contribution in [0.4, 0.5) is 5.69 Å². The van der Waals surface area contributed by atoms with E-state index in [9.17, 15) is 14.9 Å². The fourth-order valence-electron chi connectivity index (χ4n) is 1.37. The van der Waals surface area contributed by atoms with Gasteiger partial charge in [0.05, 0.1) is 10.5 Å². The average Bonchev–Trinajstić information content (AvgIpc) is 2.34. The molecule has 0 radical (unpaired) electrons. The van der Waals surface area contributed by atoms with Gasteiger partial charge in [-0.05, 0) is 19.4 Å². The lowest BCUT2D eigenvalue weighted by Gasteiger charge is -2.05. The summed E-state index contributed by atoms with van der Waals surface area (Å²) in [6, 6.07) is 4.16. The number of allylic oxidation sites excluding steroid dienone is 1. The standard InChI is InChI=1S/C12H13ClN2O3/c1-2-3-4-8-14-12(16)9-6-5-7-10(11(9)13)15(17)18/h2-3,5-7H,4,8H2,1H3,(H,14,16)/b3-2+. The average molecular weight is 269 g/mol. The molecule has 0 spiro atoms. The molecule has 0 unspecified atom stereocenters. The minimum atomic E-state index is -0.612. The molecule has 1 N–H and O–H groups in total. The summed E-state index contributed by atoms with van der Waals surface area (Å²) in [7, 11) is 0. The molecule has 0 saturated carbocycles. The third-order valence-electron chi connectivity index (χ3n) is 2.25. The lowest BCUT2D eigenvalue weighted by molar-refractivity contribution is -0.384. The minimum absolute atomic E-state index is 0.117. The molecule has 0 aliphatic carbocycles. The van der Waals surface area contributed by atoms with E-state index in [0.717, 1.165) is 0 Å². The summed E-state index contributed by atoms with van der Waals surface area (Å²) in [6.07, 6.45) is 4.50. The Bertz CT molecular complexity index is 486. The molecule has 18 heavy (non-hydrogen) atoms. The molecule has 0 aliphatic heterocycles. The number of nitro groups is 1. The quantitative estimate of drug-likeness (QED) is 0.386. The van der Waals surface area contributed by atoms with Crippen molar-refractivity contribution < 1.29 is 9.72 Å². The fraction of sp³-hybridized carbons (Fsp3) is 0.250. The van der Waals surface area contributed by atoms with Crippen LogP contribution >= 0.6 is 11.6 Å². The molecule has 0 fully saturated rings. The molecule has 96 valence electrons. The zero-order valence-corrected chi connectivity index (χ0v) is 10.6. The minimum Gasteiger partial charge on any atom is -0.352 e. The van der Waals surface area contributed by atoms with Gasteiger partial charge in [-0.1, -0.05) is 29.8 Å². The summed E-state index contributed by atoms with van der Waals surface area (Å²) in [5.74, 6) is -0.409. The van der Waals surface area contributed by atoms with Gasteiger partial charge in [0.25, 0.3) is 11.6 Å². The summed E-state index contributed by atoms with van der Waals surface area (Å²) < 4.78 is 0. The van der Waals surface area contributed by atoms with Crippen molar-refractivity contribution in [3.8, 4) is 0 Å². The molecule has 1 aromatic carbocycles. The molecule has 1 rings (SSSR count). The number of nitro benzene ring substituents is 1. The Morgan fingerprint density at radius 3 is 2.89 bits per heavy atom. The smallest absolute Gasteiger partial charge is 0.288 e. The SMILES string of the molecule is C/C=C/CCNC(=O)c1cccc([N+](=O)[O-])c1Cl. The number of halogens is 1. The third-order valence-corrected chi connectivity index (χ3v) is 2.65. The van der Waals surface area contributed by atoms with Gasteiger partial charge in [-0.3, -0.25) is 14.9 Å². The second kappa shape index (κ2) is 6.76. The van der Waals surface area contributed by atoms with E-state index in [1.54, 1.807) is 0 Å². The first-order valence-corrected chi connectivity index (χ1v) is 5.78. The number of rotatable bonds is 5. The van der Waals surface area contributed by atoms with Gasteiger partial charge >= 0.3 is 0 Å². The van der Waals surface area contributed by atoms with Crippen LogP contribution in [0.25, 0.3) is 0 Å². The highest BCUT2D eigenvalue weighted by molar-refractivity contribution is 6.35. The molecule has 0 aliphatic rings. The van der Waals surface area contributed by atoms with E-state index in [2.05, 4.69) is 5.32 Å². The van der Waals surface area contributed by atoms with Crippen molar-refractivity contribution >= 4 is 23.2 Å². The number of carbonyl (C=O) groups is 1. The van der Waals surface area contributed by atoms with E-state index in [4.69, 9.17) is 11.6 Å². The Hall–Kier alpha value is -1.88. The van der Waals surface area contributed by atoms with Crippen LogP contribution < -0.4 is 5.32 Å². The molecule has 0 atom stereocenters. The first kappa shape index (κ1) is 14.2. The van der Waals surface area contributed by atoms with Crippen LogP contribution in [-0.4, -0.2) is 17.4 Å². The third kappa shape index (κ3) is 3.56. The zero-order valence-electron chi connectivity index (χ0n) is 9.85. The highest BCUT2D eigenvalue weighted by Gasteiger charge is 2.19. The zero-order chi connectivity index (χ0) is 13.5. The molecule has 0 saturated heterocycles. The Morgan fingerprint density at radius 2 is 2.28 bits per heavy atom. The highest BCUT2D eigenvalue weighted by Crippen LogP contribution is 2.27. The molecule has 0 heterocycles. The number of benzene rings is 1. The van der Waals surface area contributed by atoms with Crippen LogP contribution in [0.15, 0.2) is 30.4 Å². The molecule has 5 nitrogen and oxygen atoms in total. The second-order valence-electron chi connectivity index (χ2n) is 3.51. The Kier molecular flexibility index (Phi) is 5.32. The van der Waals surface area contributed by atoms with Crippen molar-refractivity contribution in [3.63, 3.8) is 0 Å². The van der Waals surface area contributed by atoms with Gasteiger partial charge in [0, 0.05) is 12.6 Å². The molecule has 6 heteroatoms. The molecular weight excluding hydrogens is 256 g/mol. The van der Waals surface area contributed by atoms with E-state index in [1.165, 1.54) is 18.2 Å². The molecule has 1 amide bonds. The summed E-state index contributed by atoms with van der Waals surface area (Å²) in [4.78, 5) is 21.8. The van der Waals surface area contributed by atoms with E-state index < -0.39 is 10.8 Å². The van der Waals surface area contributed by atoms with Gasteiger partial charge in [-0.15, -0.1) is 0 Å². The van der Waals surface area contributed by atoms with Crippen LogP contribution in [0, 0.1) is 10.1 Å². The largest absolute Gasteiger partial charge is 0.352 e. The Morgan fingerprint density at radius 1 is 1.56 bits per heavy atom. The van der Waals surface area contributed by atoms with Crippen molar-refractivity contribution in [2.45, 2.75) is 13.3 Å². The molecular formula is C12H13ClN2O3. The van der Waals surface area contributed by atoms with E-state index >= 15 is 0 Å². The van der Waals surface area contributed by atoms with Crippen LogP contribution in [0.5, 0.6) is 0 Å². The summed E-state index contributed by atoms with van der Waals surface area (Å²) in [6.45, 7) is 2.35. The summed E-state index contributed by atoms with van der Waals surface area (Å²) in [5, 5.41) is 13.2. The number of hydrogen-bond acceptors (Lipinski definition) is 3. The van der Waals surface area contributed by atoms with Crippen molar-refractivity contribution in [1.29, 1.82) is 0 Å². The van der Waals surface area contributed by atoms with Crippen molar-refractivity contribution in [2.75, 3.05) is 6.54 Å². The molecule has 0 bridgehead atoms. The van der Waals surface area contributed by atoms with E-state index in [0.29, 0.717) is 13.0 Å². The number of carbonyl (C=O) groups excluding carboxylic acids is 1.